The Kier molecular flexibility index (Phi) is 3.78. The van der Waals surface area contributed by atoms with E-state index in [0.29, 0.717) is 12.1 Å². The van der Waals surface area contributed by atoms with Crippen LogP contribution in [0.2, 0.25) is 0 Å². The maximum atomic E-state index is 8.87. The zero-order valence-corrected chi connectivity index (χ0v) is 10.3. The van der Waals surface area contributed by atoms with E-state index in [4.69, 9.17) is 11.0 Å². The Morgan fingerprint density at radius 2 is 2.35 bits per heavy atom. The normalized spacial score (nSPS) is 25.5. The Balaban J connectivity index is 2.03. The van der Waals surface area contributed by atoms with Crippen LogP contribution in [0.1, 0.15) is 30.9 Å². The molecule has 2 unspecified atom stereocenters. The van der Waals surface area contributed by atoms with Gasteiger partial charge in [0, 0.05) is 25.2 Å². The first kappa shape index (κ1) is 12.1. The second-order valence-electron chi connectivity index (χ2n) is 4.92. The van der Waals surface area contributed by atoms with Crippen molar-refractivity contribution in [3.05, 3.63) is 35.4 Å². The molecule has 2 rings (SSSR count). The number of nitrogens with two attached hydrogens (primary N) is 1. The van der Waals surface area contributed by atoms with Crippen LogP contribution in [0, 0.1) is 11.3 Å². The average Bonchev–Trinajstić information content (AvgIpc) is 2.33. The summed E-state index contributed by atoms with van der Waals surface area (Å²) in [6.07, 6.45) is 2.14. The van der Waals surface area contributed by atoms with Gasteiger partial charge < -0.3 is 5.73 Å². The predicted octanol–water partition coefficient (Wildman–Crippen LogP) is 1.87. The minimum Gasteiger partial charge on any atom is -0.328 e. The third kappa shape index (κ3) is 3.06. The van der Waals surface area contributed by atoms with E-state index in [0.717, 1.165) is 31.5 Å². The van der Waals surface area contributed by atoms with Crippen molar-refractivity contribution in [3.8, 4) is 6.07 Å². The number of nitrogens with zero attached hydrogens (tertiary/aromatic N) is 2. The molecule has 1 aliphatic rings. The van der Waals surface area contributed by atoms with Gasteiger partial charge in [0.1, 0.15) is 0 Å². The first-order valence-electron chi connectivity index (χ1n) is 6.17. The lowest BCUT2D eigenvalue weighted by atomic mass is 9.98. The van der Waals surface area contributed by atoms with E-state index in [9.17, 15) is 0 Å². The molecule has 0 aromatic heterocycles. The molecule has 1 fully saturated rings. The van der Waals surface area contributed by atoms with Crippen LogP contribution in [0.4, 0.5) is 0 Å². The average molecular weight is 229 g/mol. The molecule has 1 aromatic rings. The van der Waals surface area contributed by atoms with Crippen LogP contribution < -0.4 is 5.73 Å². The molecule has 0 radical (unpaired) electrons. The van der Waals surface area contributed by atoms with Crippen LogP contribution in [0.5, 0.6) is 0 Å². The van der Waals surface area contributed by atoms with Crippen molar-refractivity contribution < 1.29 is 0 Å². The fraction of sp³-hybridized carbons (Fsp3) is 0.500. The third-order valence-corrected chi connectivity index (χ3v) is 3.50. The summed E-state index contributed by atoms with van der Waals surface area (Å²) >= 11 is 0. The molecule has 0 amide bonds. The molecule has 1 aromatic carbocycles. The van der Waals surface area contributed by atoms with E-state index in [-0.39, 0.29) is 0 Å². The van der Waals surface area contributed by atoms with Gasteiger partial charge >= 0.3 is 0 Å². The summed E-state index contributed by atoms with van der Waals surface area (Å²) < 4.78 is 0. The standard InChI is InChI=1S/C14H19N3/c1-11-7-14(16)5-6-17(11)10-13-4-2-3-12(8-13)9-15/h2-4,8,11,14H,5-7,10,16H2,1H3. The first-order valence-corrected chi connectivity index (χ1v) is 6.17. The Bertz CT molecular complexity index is 422. The van der Waals surface area contributed by atoms with E-state index in [1.54, 1.807) is 0 Å². The highest BCUT2D eigenvalue weighted by Gasteiger charge is 2.22. The van der Waals surface area contributed by atoms with Crippen LogP contribution in [0.3, 0.4) is 0 Å². The molecule has 1 heterocycles. The van der Waals surface area contributed by atoms with Crippen LogP contribution >= 0.6 is 0 Å². The van der Waals surface area contributed by atoms with E-state index < -0.39 is 0 Å². The van der Waals surface area contributed by atoms with Crippen LogP contribution in [0.25, 0.3) is 0 Å². The number of hydrogen-bond donors (Lipinski definition) is 1. The number of benzene rings is 1. The molecule has 1 saturated heterocycles. The highest BCUT2D eigenvalue weighted by Crippen LogP contribution is 2.19. The van der Waals surface area contributed by atoms with E-state index >= 15 is 0 Å². The predicted molar refractivity (Wildman–Crippen MR) is 68.2 cm³/mol. The monoisotopic (exact) mass is 229 g/mol. The van der Waals surface area contributed by atoms with Crippen molar-refractivity contribution in [3.63, 3.8) is 0 Å². The molecular formula is C14H19N3. The first-order chi connectivity index (χ1) is 8.19. The summed E-state index contributed by atoms with van der Waals surface area (Å²) in [7, 11) is 0. The molecule has 3 nitrogen and oxygen atoms in total. The van der Waals surface area contributed by atoms with Crippen molar-refractivity contribution in [1.82, 2.24) is 4.90 Å². The van der Waals surface area contributed by atoms with Gasteiger partial charge in [-0.2, -0.15) is 5.26 Å². The summed E-state index contributed by atoms with van der Waals surface area (Å²) in [6, 6.07) is 10.9. The zero-order valence-electron chi connectivity index (χ0n) is 10.3. The van der Waals surface area contributed by atoms with Crippen molar-refractivity contribution in [2.24, 2.45) is 5.73 Å². The van der Waals surface area contributed by atoms with E-state index in [1.165, 1.54) is 5.56 Å². The minimum atomic E-state index is 0.353. The highest BCUT2D eigenvalue weighted by atomic mass is 15.2. The Hall–Kier alpha value is -1.37. The van der Waals surface area contributed by atoms with Gasteiger partial charge in [0.25, 0.3) is 0 Å². The topological polar surface area (TPSA) is 53.0 Å². The molecule has 0 saturated carbocycles. The second-order valence-corrected chi connectivity index (χ2v) is 4.92. The lowest BCUT2D eigenvalue weighted by Gasteiger charge is -2.36. The number of nitriles is 1. The molecule has 17 heavy (non-hydrogen) atoms. The lowest BCUT2D eigenvalue weighted by molar-refractivity contribution is 0.140. The van der Waals surface area contributed by atoms with Gasteiger partial charge in [0.05, 0.1) is 11.6 Å². The van der Waals surface area contributed by atoms with Crippen LogP contribution in [-0.2, 0) is 6.54 Å². The lowest BCUT2D eigenvalue weighted by Crippen LogP contribution is -2.44. The van der Waals surface area contributed by atoms with Crippen LogP contribution in [0.15, 0.2) is 24.3 Å². The molecule has 1 aliphatic heterocycles. The molecule has 0 spiro atoms. The van der Waals surface area contributed by atoms with Crippen LogP contribution in [-0.4, -0.2) is 23.5 Å². The number of rotatable bonds is 2. The summed E-state index contributed by atoms with van der Waals surface area (Å²) in [4.78, 5) is 2.44. The Labute approximate surface area is 103 Å². The van der Waals surface area contributed by atoms with Gasteiger partial charge in [-0.25, -0.2) is 0 Å². The Morgan fingerprint density at radius 3 is 3.06 bits per heavy atom. The molecule has 2 N–H and O–H groups in total. The molecule has 90 valence electrons. The molecule has 3 heteroatoms. The van der Waals surface area contributed by atoms with Crippen molar-refractivity contribution in [1.29, 1.82) is 5.26 Å². The number of hydrogen-bond acceptors (Lipinski definition) is 3. The molecular weight excluding hydrogens is 210 g/mol. The summed E-state index contributed by atoms with van der Waals surface area (Å²) in [5, 5.41) is 8.87. The second kappa shape index (κ2) is 5.31. The number of piperidine rings is 1. The third-order valence-electron chi connectivity index (χ3n) is 3.50. The smallest absolute Gasteiger partial charge is 0.0991 e. The van der Waals surface area contributed by atoms with Crippen molar-refractivity contribution >= 4 is 0 Å². The fourth-order valence-electron chi connectivity index (χ4n) is 2.47. The summed E-state index contributed by atoms with van der Waals surface area (Å²) in [5.41, 5.74) is 7.91. The minimum absolute atomic E-state index is 0.353. The zero-order chi connectivity index (χ0) is 12.3. The quantitative estimate of drug-likeness (QED) is 0.842. The van der Waals surface area contributed by atoms with Gasteiger partial charge in [-0.05, 0) is 37.5 Å². The van der Waals surface area contributed by atoms with E-state index in [2.05, 4.69) is 24.0 Å². The van der Waals surface area contributed by atoms with Gasteiger partial charge in [-0.1, -0.05) is 12.1 Å². The van der Waals surface area contributed by atoms with Crippen molar-refractivity contribution in [2.75, 3.05) is 6.54 Å². The fourth-order valence-corrected chi connectivity index (χ4v) is 2.47. The highest BCUT2D eigenvalue weighted by molar-refractivity contribution is 5.32. The van der Waals surface area contributed by atoms with Gasteiger partial charge in [0.2, 0.25) is 0 Å². The summed E-state index contributed by atoms with van der Waals surface area (Å²) in [6.45, 7) is 4.20. The SMILES string of the molecule is CC1CC(N)CCN1Cc1cccc(C#N)c1. The van der Waals surface area contributed by atoms with Gasteiger partial charge in [-0.15, -0.1) is 0 Å². The Morgan fingerprint density at radius 1 is 1.53 bits per heavy atom. The molecule has 0 bridgehead atoms. The van der Waals surface area contributed by atoms with Gasteiger partial charge in [-0.3, -0.25) is 4.90 Å². The van der Waals surface area contributed by atoms with Crippen molar-refractivity contribution in [2.45, 2.75) is 38.4 Å². The molecule has 2 atom stereocenters. The van der Waals surface area contributed by atoms with E-state index in [1.807, 2.05) is 18.2 Å². The maximum absolute atomic E-state index is 8.87. The molecule has 0 aliphatic carbocycles. The largest absolute Gasteiger partial charge is 0.328 e. The summed E-state index contributed by atoms with van der Waals surface area (Å²) in [5.74, 6) is 0. The number of likely N-dealkylation sites (tertiary alicyclic amines) is 1. The van der Waals surface area contributed by atoms with Gasteiger partial charge in [0.15, 0.2) is 0 Å². The maximum Gasteiger partial charge on any atom is 0.0991 e.